The Kier molecular flexibility index (Phi) is 5.98. The predicted molar refractivity (Wildman–Crippen MR) is 70.4 cm³/mol. The van der Waals surface area contributed by atoms with Gasteiger partial charge in [0.1, 0.15) is 5.69 Å². The summed E-state index contributed by atoms with van der Waals surface area (Å²) in [4.78, 5) is 18.2. The van der Waals surface area contributed by atoms with Crippen molar-refractivity contribution in [1.29, 1.82) is 0 Å². The zero-order chi connectivity index (χ0) is 12.7. The van der Waals surface area contributed by atoms with Crippen molar-refractivity contribution in [1.82, 2.24) is 9.88 Å². The highest BCUT2D eigenvalue weighted by atomic mass is 35.5. The lowest BCUT2D eigenvalue weighted by molar-refractivity contribution is 0.0675. The lowest BCUT2D eigenvalue weighted by Crippen LogP contribution is -2.41. The number of halogens is 1. The number of nitrogens with zero attached hydrogens (tertiary/aromatic N) is 2. The molecule has 3 nitrogen and oxygen atoms in total. The summed E-state index contributed by atoms with van der Waals surface area (Å²) in [6.07, 6.45) is 3.51. The lowest BCUT2D eigenvalue weighted by Gasteiger charge is -2.29. The van der Waals surface area contributed by atoms with E-state index in [0.29, 0.717) is 18.1 Å². The molecule has 94 valence electrons. The Labute approximate surface area is 108 Å². The fraction of sp³-hybridized carbons (Fsp3) is 0.538. The van der Waals surface area contributed by atoms with Crippen LogP contribution in [-0.2, 0) is 0 Å². The molecule has 17 heavy (non-hydrogen) atoms. The summed E-state index contributed by atoms with van der Waals surface area (Å²) in [6, 6.07) is 5.61. The fourth-order valence-electron chi connectivity index (χ4n) is 1.91. The first-order chi connectivity index (χ1) is 8.24. The molecule has 0 radical (unpaired) electrons. The van der Waals surface area contributed by atoms with Crippen LogP contribution in [0.5, 0.6) is 0 Å². The van der Waals surface area contributed by atoms with Gasteiger partial charge in [0.2, 0.25) is 0 Å². The Morgan fingerprint density at radius 2 is 2.12 bits per heavy atom. The standard InChI is InChI=1S/C13H19ClN2O/c1-3-11(4-2)16(10-8-14)13(17)12-7-5-6-9-15-12/h5-7,9,11H,3-4,8,10H2,1-2H3. The van der Waals surface area contributed by atoms with Crippen molar-refractivity contribution in [2.24, 2.45) is 0 Å². The van der Waals surface area contributed by atoms with Crippen molar-refractivity contribution < 1.29 is 4.79 Å². The number of amides is 1. The van der Waals surface area contributed by atoms with Crippen LogP contribution in [0.2, 0.25) is 0 Å². The highest BCUT2D eigenvalue weighted by molar-refractivity contribution is 6.18. The van der Waals surface area contributed by atoms with Crippen molar-refractivity contribution in [3.63, 3.8) is 0 Å². The molecule has 1 rings (SSSR count). The van der Waals surface area contributed by atoms with Crippen LogP contribution < -0.4 is 0 Å². The second kappa shape index (κ2) is 7.28. The van der Waals surface area contributed by atoms with Crippen LogP contribution in [0, 0.1) is 0 Å². The van der Waals surface area contributed by atoms with E-state index in [1.165, 1.54) is 0 Å². The van der Waals surface area contributed by atoms with Crippen LogP contribution in [0.3, 0.4) is 0 Å². The van der Waals surface area contributed by atoms with Gasteiger partial charge in [-0.3, -0.25) is 9.78 Å². The van der Waals surface area contributed by atoms with Crippen molar-refractivity contribution in [2.75, 3.05) is 12.4 Å². The molecular weight excluding hydrogens is 236 g/mol. The zero-order valence-electron chi connectivity index (χ0n) is 10.4. The SMILES string of the molecule is CCC(CC)N(CCCl)C(=O)c1ccccn1. The molecule has 0 saturated carbocycles. The molecule has 0 saturated heterocycles. The van der Waals surface area contributed by atoms with Gasteiger partial charge in [0.05, 0.1) is 0 Å². The van der Waals surface area contributed by atoms with E-state index in [4.69, 9.17) is 11.6 Å². The Bertz CT molecular complexity index is 339. The van der Waals surface area contributed by atoms with Gasteiger partial charge in [0, 0.05) is 24.7 Å². The maximum absolute atomic E-state index is 12.3. The van der Waals surface area contributed by atoms with E-state index in [0.717, 1.165) is 12.8 Å². The van der Waals surface area contributed by atoms with Crippen LogP contribution in [0.25, 0.3) is 0 Å². The monoisotopic (exact) mass is 254 g/mol. The topological polar surface area (TPSA) is 33.2 Å². The van der Waals surface area contributed by atoms with Crippen LogP contribution in [0.1, 0.15) is 37.2 Å². The largest absolute Gasteiger partial charge is 0.333 e. The molecule has 0 aromatic carbocycles. The van der Waals surface area contributed by atoms with E-state index in [1.54, 1.807) is 18.3 Å². The fourth-order valence-corrected chi connectivity index (χ4v) is 2.09. The van der Waals surface area contributed by atoms with Gasteiger partial charge in [-0.25, -0.2) is 0 Å². The number of pyridine rings is 1. The molecule has 4 heteroatoms. The average molecular weight is 255 g/mol. The zero-order valence-corrected chi connectivity index (χ0v) is 11.2. The number of rotatable bonds is 6. The smallest absolute Gasteiger partial charge is 0.272 e. The predicted octanol–water partition coefficient (Wildman–Crippen LogP) is 2.95. The molecule has 0 atom stereocenters. The van der Waals surface area contributed by atoms with Crippen LogP contribution >= 0.6 is 11.6 Å². The molecule has 1 aromatic rings. The minimum atomic E-state index is -0.0278. The summed E-state index contributed by atoms with van der Waals surface area (Å²) >= 11 is 5.77. The summed E-state index contributed by atoms with van der Waals surface area (Å²) < 4.78 is 0. The van der Waals surface area contributed by atoms with Crippen molar-refractivity contribution >= 4 is 17.5 Å². The van der Waals surface area contributed by atoms with Crippen molar-refractivity contribution in [3.05, 3.63) is 30.1 Å². The highest BCUT2D eigenvalue weighted by Crippen LogP contribution is 2.12. The third-order valence-corrected chi connectivity index (χ3v) is 3.02. The molecular formula is C13H19ClN2O. The molecule has 0 aliphatic heterocycles. The molecule has 0 aliphatic carbocycles. The first-order valence-corrected chi connectivity index (χ1v) is 6.56. The number of hydrogen-bond donors (Lipinski definition) is 0. The number of alkyl halides is 1. The molecule has 0 bridgehead atoms. The van der Waals surface area contributed by atoms with E-state index in [1.807, 2.05) is 11.0 Å². The van der Waals surface area contributed by atoms with E-state index in [-0.39, 0.29) is 11.9 Å². The number of carbonyl (C=O) groups is 1. The van der Waals surface area contributed by atoms with Gasteiger partial charge >= 0.3 is 0 Å². The van der Waals surface area contributed by atoms with E-state index < -0.39 is 0 Å². The van der Waals surface area contributed by atoms with Gasteiger partial charge in [-0.05, 0) is 25.0 Å². The summed E-state index contributed by atoms with van der Waals surface area (Å²) in [6.45, 7) is 4.74. The normalized spacial score (nSPS) is 10.6. The Hall–Kier alpha value is -1.09. The summed E-state index contributed by atoms with van der Waals surface area (Å²) in [7, 11) is 0. The lowest BCUT2D eigenvalue weighted by atomic mass is 10.1. The second-order valence-corrected chi connectivity index (χ2v) is 4.25. The van der Waals surface area contributed by atoms with Crippen molar-refractivity contribution in [3.8, 4) is 0 Å². The van der Waals surface area contributed by atoms with Gasteiger partial charge < -0.3 is 4.90 Å². The molecule has 1 heterocycles. The molecule has 1 amide bonds. The minimum Gasteiger partial charge on any atom is -0.333 e. The van der Waals surface area contributed by atoms with Gasteiger partial charge in [0.15, 0.2) is 0 Å². The molecule has 0 unspecified atom stereocenters. The molecule has 0 aliphatic rings. The van der Waals surface area contributed by atoms with Crippen LogP contribution in [-0.4, -0.2) is 34.3 Å². The molecule has 0 fully saturated rings. The maximum atomic E-state index is 12.3. The number of carbonyl (C=O) groups excluding carboxylic acids is 1. The molecule has 0 spiro atoms. The van der Waals surface area contributed by atoms with Gasteiger partial charge in [-0.2, -0.15) is 0 Å². The maximum Gasteiger partial charge on any atom is 0.272 e. The quantitative estimate of drug-likeness (QED) is 0.732. The van der Waals surface area contributed by atoms with Gasteiger partial charge in [-0.1, -0.05) is 19.9 Å². The Morgan fingerprint density at radius 3 is 2.59 bits per heavy atom. The summed E-state index contributed by atoms with van der Waals surface area (Å²) in [5.41, 5.74) is 0.490. The first-order valence-electron chi connectivity index (χ1n) is 6.02. The average Bonchev–Trinajstić information content (AvgIpc) is 2.39. The second-order valence-electron chi connectivity index (χ2n) is 3.87. The van der Waals surface area contributed by atoms with E-state index >= 15 is 0 Å². The highest BCUT2D eigenvalue weighted by Gasteiger charge is 2.22. The van der Waals surface area contributed by atoms with Crippen molar-refractivity contribution in [2.45, 2.75) is 32.7 Å². The van der Waals surface area contributed by atoms with E-state index in [2.05, 4.69) is 18.8 Å². The van der Waals surface area contributed by atoms with Crippen LogP contribution in [0.4, 0.5) is 0 Å². The first kappa shape index (κ1) is 14.0. The third kappa shape index (κ3) is 3.70. The third-order valence-electron chi connectivity index (χ3n) is 2.85. The molecule has 1 aromatic heterocycles. The Balaban J connectivity index is 2.87. The number of hydrogen-bond acceptors (Lipinski definition) is 2. The van der Waals surface area contributed by atoms with Gasteiger partial charge in [0.25, 0.3) is 5.91 Å². The molecule has 0 N–H and O–H groups in total. The summed E-state index contributed by atoms with van der Waals surface area (Å²) in [5, 5.41) is 0. The summed E-state index contributed by atoms with van der Waals surface area (Å²) in [5.74, 6) is 0.426. The Morgan fingerprint density at radius 1 is 1.41 bits per heavy atom. The van der Waals surface area contributed by atoms with Gasteiger partial charge in [-0.15, -0.1) is 11.6 Å². The number of aromatic nitrogens is 1. The minimum absolute atomic E-state index is 0.0278. The van der Waals surface area contributed by atoms with E-state index in [9.17, 15) is 4.79 Å². The van der Waals surface area contributed by atoms with Crippen LogP contribution in [0.15, 0.2) is 24.4 Å².